The number of hydrogen-bond acceptors (Lipinski definition) is 4. The lowest BCUT2D eigenvalue weighted by atomic mass is 9.91. The minimum atomic E-state index is -0.397. The quantitative estimate of drug-likeness (QED) is 0.836. The molecule has 0 bridgehead atoms. The van der Waals surface area contributed by atoms with Crippen LogP contribution in [0.4, 0.5) is 4.79 Å². The van der Waals surface area contributed by atoms with Crippen LogP contribution in [0.15, 0.2) is 12.3 Å². The Bertz CT molecular complexity index is 575. The first-order valence-electron chi connectivity index (χ1n) is 7.77. The van der Waals surface area contributed by atoms with Crippen LogP contribution in [0, 0.1) is 6.92 Å². The lowest BCUT2D eigenvalue weighted by Crippen LogP contribution is -2.49. The number of aromatic nitrogens is 2. The van der Waals surface area contributed by atoms with Gasteiger partial charge in [-0.1, -0.05) is 0 Å². The predicted octanol–water partition coefficient (Wildman–Crippen LogP) is 1.02. The molecule has 2 amide bonds. The van der Waals surface area contributed by atoms with Gasteiger partial charge in [-0.05, 0) is 19.9 Å². The molecule has 1 aromatic rings. The number of piperidine rings is 1. The standard InChI is InChI=1S/C15H22N4O3/c1-3-17-11-15(22-14(17)21)5-8-18(9-6-15)13(20)10-19-12(2)4-7-16-19/h4,7H,3,5-6,8-11H2,1-2H3. The van der Waals surface area contributed by atoms with E-state index in [-0.39, 0.29) is 18.5 Å². The van der Waals surface area contributed by atoms with Gasteiger partial charge in [-0.25, -0.2) is 4.79 Å². The Morgan fingerprint density at radius 3 is 2.68 bits per heavy atom. The van der Waals surface area contributed by atoms with Crippen LogP contribution in [0.1, 0.15) is 25.5 Å². The zero-order chi connectivity index (χ0) is 15.7. The zero-order valence-corrected chi connectivity index (χ0v) is 13.1. The van der Waals surface area contributed by atoms with Gasteiger partial charge in [0.1, 0.15) is 12.1 Å². The van der Waals surface area contributed by atoms with E-state index in [0.29, 0.717) is 39.0 Å². The maximum Gasteiger partial charge on any atom is 0.410 e. The summed E-state index contributed by atoms with van der Waals surface area (Å²) in [5.74, 6) is 0.0679. The molecule has 3 heterocycles. The molecule has 2 aliphatic heterocycles. The van der Waals surface area contributed by atoms with Gasteiger partial charge in [0.2, 0.25) is 5.91 Å². The summed E-state index contributed by atoms with van der Waals surface area (Å²) in [6.45, 7) is 6.72. The Balaban J connectivity index is 1.57. The van der Waals surface area contributed by atoms with E-state index < -0.39 is 5.60 Å². The van der Waals surface area contributed by atoms with Crippen molar-refractivity contribution >= 4 is 12.0 Å². The first kappa shape index (κ1) is 14.9. The summed E-state index contributed by atoms with van der Waals surface area (Å²) in [7, 11) is 0. The fourth-order valence-corrected chi connectivity index (χ4v) is 3.15. The Kier molecular flexibility index (Phi) is 3.80. The van der Waals surface area contributed by atoms with Gasteiger partial charge in [-0.15, -0.1) is 0 Å². The van der Waals surface area contributed by atoms with Gasteiger partial charge in [0.05, 0.1) is 6.54 Å². The Labute approximate surface area is 129 Å². The van der Waals surface area contributed by atoms with Crippen molar-refractivity contribution in [3.05, 3.63) is 18.0 Å². The third-order valence-corrected chi connectivity index (χ3v) is 4.66. The summed E-state index contributed by atoms with van der Waals surface area (Å²) >= 11 is 0. The second-order valence-electron chi connectivity index (χ2n) is 6.08. The van der Waals surface area contributed by atoms with E-state index in [4.69, 9.17) is 4.74 Å². The molecular formula is C15H22N4O3. The van der Waals surface area contributed by atoms with Crippen molar-refractivity contribution in [3.8, 4) is 0 Å². The van der Waals surface area contributed by atoms with Crippen LogP contribution in [-0.4, -0.2) is 63.4 Å². The average molecular weight is 306 g/mol. The van der Waals surface area contributed by atoms with Crippen molar-refractivity contribution in [2.75, 3.05) is 26.2 Å². The summed E-state index contributed by atoms with van der Waals surface area (Å²) in [6.07, 6.45) is 2.89. The van der Waals surface area contributed by atoms with Crippen molar-refractivity contribution in [2.24, 2.45) is 0 Å². The molecule has 0 aliphatic carbocycles. The number of hydrogen-bond donors (Lipinski definition) is 0. The summed E-state index contributed by atoms with van der Waals surface area (Å²) in [6, 6.07) is 1.88. The van der Waals surface area contributed by atoms with E-state index in [1.807, 2.05) is 24.8 Å². The van der Waals surface area contributed by atoms with Crippen molar-refractivity contribution < 1.29 is 14.3 Å². The molecule has 0 radical (unpaired) electrons. The molecule has 0 aromatic carbocycles. The Morgan fingerprint density at radius 1 is 1.41 bits per heavy atom. The van der Waals surface area contributed by atoms with Crippen LogP contribution in [0.5, 0.6) is 0 Å². The predicted molar refractivity (Wildman–Crippen MR) is 79.2 cm³/mol. The number of amides is 2. The lowest BCUT2D eigenvalue weighted by molar-refractivity contribution is -0.135. The van der Waals surface area contributed by atoms with E-state index in [9.17, 15) is 9.59 Å². The highest BCUT2D eigenvalue weighted by Crippen LogP contribution is 2.33. The number of carbonyl (C=O) groups excluding carboxylic acids is 2. The van der Waals surface area contributed by atoms with E-state index in [2.05, 4.69) is 5.10 Å². The van der Waals surface area contributed by atoms with E-state index in [1.165, 1.54) is 0 Å². The number of aryl methyl sites for hydroxylation is 1. The van der Waals surface area contributed by atoms with Gasteiger partial charge >= 0.3 is 6.09 Å². The van der Waals surface area contributed by atoms with Gasteiger partial charge in [0.25, 0.3) is 0 Å². The number of rotatable bonds is 3. The summed E-state index contributed by atoms with van der Waals surface area (Å²) in [4.78, 5) is 27.7. The number of carbonyl (C=O) groups is 2. The van der Waals surface area contributed by atoms with Crippen LogP contribution < -0.4 is 0 Å². The van der Waals surface area contributed by atoms with Crippen LogP contribution in [0.3, 0.4) is 0 Å². The largest absolute Gasteiger partial charge is 0.441 e. The summed E-state index contributed by atoms with van der Waals surface area (Å²) in [5.41, 5.74) is 0.580. The van der Waals surface area contributed by atoms with Crippen molar-refractivity contribution in [1.82, 2.24) is 19.6 Å². The molecule has 0 unspecified atom stereocenters. The summed E-state index contributed by atoms with van der Waals surface area (Å²) < 4.78 is 7.29. The minimum Gasteiger partial charge on any atom is -0.441 e. The molecule has 7 nitrogen and oxygen atoms in total. The first-order valence-corrected chi connectivity index (χ1v) is 7.77. The van der Waals surface area contributed by atoms with E-state index in [1.54, 1.807) is 15.8 Å². The van der Waals surface area contributed by atoms with Gasteiger partial charge < -0.3 is 14.5 Å². The van der Waals surface area contributed by atoms with Crippen LogP contribution in [0.2, 0.25) is 0 Å². The molecule has 3 rings (SSSR count). The molecule has 2 aliphatic rings. The highest BCUT2D eigenvalue weighted by atomic mass is 16.6. The maximum atomic E-state index is 12.4. The SMILES string of the molecule is CCN1CC2(CCN(C(=O)Cn3nccc3C)CC2)OC1=O. The van der Waals surface area contributed by atoms with Gasteiger partial charge in [0.15, 0.2) is 0 Å². The maximum absolute atomic E-state index is 12.4. The van der Waals surface area contributed by atoms with Gasteiger partial charge in [0, 0.05) is 44.4 Å². The van der Waals surface area contributed by atoms with Gasteiger partial charge in [-0.3, -0.25) is 9.48 Å². The zero-order valence-electron chi connectivity index (χ0n) is 13.1. The smallest absolute Gasteiger partial charge is 0.410 e. The number of nitrogens with zero attached hydrogens (tertiary/aromatic N) is 4. The molecule has 1 aromatic heterocycles. The van der Waals surface area contributed by atoms with Crippen molar-refractivity contribution in [3.63, 3.8) is 0 Å². The van der Waals surface area contributed by atoms with Crippen molar-refractivity contribution in [1.29, 1.82) is 0 Å². The Morgan fingerprint density at radius 2 is 2.14 bits per heavy atom. The molecule has 0 N–H and O–H groups in total. The highest BCUT2D eigenvalue weighted by Gasteiger charge is 2.46. The van der Waals surface area contributed by atoms with Crippen LogP contribution in [0.25, 0.3) is 0 Å². The fourth-order valence-electron chi connectivity index (χ4n) is 3.15. The number of likely N-dealkylation sites (tertiary alicyclic amines) is 1. The molecular weight excluding hydrogens is 284 g/mol. The molecule has 1 spiro atoms. The third kappa shape index (κ3) is 2.67. The Hall–Kier alpha value is -2.05. The monoisotopic (exact) mass is 306 g/mol. The topological polar surface area (TPSA) is 67.7 Å². The number of ether oxygens (including phenoxy) is 1. The lowest BCUT2D eigenvalue weighted by Gasteiger charge is -2.37. The second-order valence-corrected chi connectivity index (χ2v) is 6.08. The first-order chi connectivity index (χ1) is 10.5. The second kappa shape index (κ2) is 5.62. The average Bonchev–Trinajstić information content (AvgIpc) is 3.04. The minimum absolute atomic E-state index is 0.0679. The molecule has 0 atom stereocenters. The fraction of sp³-hybridized carbons (Fsp3) is 0.667. The third-order valence-electron chi connectivity index (χ3n) is 4.66. The normalized spacial score (nSPS) is 20.5. The molecule has 22 heavy (non-hydrogen) atoms. The number of likely N-dealkylation sites (N-methyl/N-ethyl adjacent to an activating group) is 1. The van der Waals surface area contributed by atoms with E-state index >= 15 is 0 Å². The van der Waals surface area contributed by atoms with Crippen LogP contribution >= 0.6 is 0 Å². The highest BCUT2D eigenvalue weighted by molar-refractivity contribution is 5.76. The summed E-state index contributed by atoms with van der Waals surface area (Å²) in [5, 5.41) is 4.15. The van der Waals surface area contributed by atoms with Gasteiger partial charge in [-0.2, -0.15) is 5.10 Å². The molecule has 7 heteroatoms. The van der Waals surface area contributed by atoms with Crippen LogP contribution in [-0.2, 0) is 16.1 Å². The molecule has 2 saturated heterocycles. The molecule has 0 saturated carbocycles. The van der Waals surface area contributed by atoms with Crippen molar-refractivity contribution in [2.45, 2.75) is 38.8 Å². The molecule has 2 fully saturated rings. The van der Waals surface area contributed by atoms with E-state index in [0.717, 1.165) is 5.69 Å². The molecule has 120 valence electrons.